The first-order valence-corrected chi connectivity index (χ1v) is 6.78. The summed E-state index contributed by atoms with van der Waals surface area (Å²) in [7, 11) is 0. The molecule has 4 nitrogen and oxygen atoms in total. The second kappa shape index (κ2) is 5.35. The van der Waals surface area contributed by atoms with Crippen LogP contribution in [0.2, 0.25) is 0 Å². The summed E-state index contributed by atoms with van der Waals surface area (Å²) < 4.78 is 1.73. The smallest absolute Gasteiger partial charge is 0.242 e. The number of thiophene rings is 1. The van der Waals surface area contributed by atoms with Crippen LogP contribution in [-0.2, 0) is 11.3 Å². The highest BCUT2D eigenvalue weighted by molar-refractivity contribution is 7.10. The average Bonchev–Trinajstić information content (AvgIpc) is 2.89. The molecule has 1 atom stereocenters. The van der Waals surface area contributed by atoms with Crippen LogP contribution in [-0.4, -0.2) is 15.7 Å². The Bertz CT molecular complexity index is 530. The van der Waals surface area contributed by atoms with Crippen LogP contribution in [0.3, 0.4) is 0 Å². The highest BCUT2D eigenvalue weighted by Crippen LogP contribution is 2.17. The number of aromatic nitrogens is 2. The summed E-state index contributed by atoms with van der Waals surface area (Å²) in [5.74, 6) is -0.0119. The third kappa shape index (κ3) is 2.98. The minimum atomic E-state index is -0.0119. The predicted octanol–water partition coefficient (Wildman–Crippen LogP) is 2.44. The van der Waals surface area contributed by atoms with Gasteiger partial charge in [0.05, 0.1) is 11.7 Å². The van der Waals surface area contributed by atoms with E-state index >= 15 is 0 Å². The van der Waals surface area contributed by atoms with Crippen LogP contribution >= 0.6 is 11.3 Å². The van der Waals surface area contributed by atoms with Crippen molar-refractivity contribution in [3.05, 3.63) is 39.8 Å². The van der Waals surface area contributed by atoms with Crippen LogP contribution in [0.25, 0.3) is 0 Å². The van der Waals surface area contributed by atoms with Gasteiger partial charge in [-0.15, -0.1) is 11.3 Å². The lowest BCUT2D eigenvalue weighted by Crippen LogP contribution is -2.30. The van der Waals surface area contributed by atoms with Gasteiger partial charge in [0.25, 0.3) is 0 Å². The van der Waals surface area contributed by atoms with Gasteiger partial charge >= 0.3 is 0 Å². The van der Waals surface area contributed by atoms with Gasteiger partial charge in [0, 0.05) is 10.6 Å². The number of hydrogen-bond donors (Lipinski definition) is 1. The number of carbonyl (C=O) groups is 1. The van der Waals surface area contributed by atoms with Crippen molar-refractivity contribution >= 4 is 17.2 Å². The number of rotatable bonds is 4. The van der Waals surface area contributed by atoms with Crippen LogP contribution in [0.1, 0.15) is 29.2 Å². The molecule has 2 aromatic heterocycles. The molecule has 2 heterocycles. The zero-order valence-corrected chi connectivity index (χ0v) is 11.6. The molecule has 0 aromatic carbocycles. The third-order valence-electron chi connectivity index (χ3n) is 2.74. The summed E-state index contributed by atoms with van der Waals surface area (Å²) in [4.78, 5) is 13.1. The summed E-state index contributed by atoms with van der Waals surface area (Å²) in [5, 5.41) is 9.27. The molecule has 2 rings (SSSR count). The number of nitrogens with one attached hydrogen (secondary N) is 1. The van der Waals surface area contributed by atoms with Gasteiger partial charge in [-0.1, -0.05) is 6.07 Å². The van der Waals surface area contributed by atoms with Crippen LogP contribution < -0.4 is 5.32 Å². The van der Waals surface area contributed by atoms with Gasteiger partial charge in [-0.25, -0.2) is 0 Å². The van der Waals surface area contributed by atoms with Crippen molar-refractivity contribution in [2.45, 2.75) is 33.4 Å². The molecular weight excluding hydrogens is 246 g/mol. The fourth-order valence-electron chi connectivity index (χ4n) is 1.87. The van der Waals surface area contributed by atoms with E-state index in [9.17, 15) is 4.79 Å². The summed E-state index contributed by atoms with van der Waals surface area (Å²) in [5.41, 5.74) is 1.94. The highest BCUT2D eigenvalue weighted by atomic mass is 32.1. The largest absolute Gasteiger partial charge is 0.347 e. The van der Waals surface area contributed by atoms with Crippen molar-refractivity contribution in [1.82, 2.24) is 15.1 Å². The van der Waals surface area contributed by atoms with Gasteiger partial charge in [-0.05, 0) is 38.3 Å². The van der Waals surface area contributed by atoms with Crippen molar-refractivity contribution in [1.29, 1.82) is 0 Å². The van der Waals surface area contributed by atoms with E-state index in [2.05, 4.69) is 10.4 Å². The maximum atomic E-state index is 11.9. The zero-order valence-electron chi connectivity index (χ0n) is 10.8. The average molecular weight is 263 g/mol. The lowest BCUT2D eigenvalue weighted by Gasteiger charge is -2.12. The minimum absolute atomic E-state index is 0.0119. The van der Waals surface area contributed by atoms with Crippen molar-refractivity contribution in [2.75, 3.05) is 0 Å². The molecule has 2 aromatic rings. The second-order valence-corrected chi connectivity index (χ2v) is 5.37. The zero-order chi connectivity index (χ0) is 13.1. The summed E-state index contributed by atoms with van der Waals surface area (Å²) >= 11 is 1.65. The Morgan fingerprint density at radius 2 is 2.33 bits per heavy atom. The lowest BCUT2D eigenvalue weighted by molar-refractivity contribution is -0.122. The van der Waals surface area contributed by atoms with E-state index in [0.717, 1.165) is 16.3 Å². The van der Waals surface area contributed by atoms with E-state index in [1.165, 1.54) is 0 Å². The first-order valence-electron chi connectivity index (χ1n) is 5.90. The monoisotopic (exact) mass is 263 g/mol. The number of aryl methyl sites for hydroxylation is 2. The Kier molecular flexibility index (Phi) is 3.81. The molecule has 0 saturated carbocycles. The van der Waals surface area contributed by atoms with Gasteiger partial charge in [0.2, 0.25) is 5.91 Å². The van der Waals surface area contributed by atoms with Gasteiger partial charge in [-0.3, -0.25) is 9.48 Å². The van der Waals surface area contributed by atoms with E-state index in [-0.39, 0.29) is 18.5 Å². The Hall–Kier alpha value is -1.62. The Morgan fingerprint density at radius 3 is 2.89 bits per heavy atom. The molecule has 5 heteroatoms. The highest BCUT2D eigenvalue weighted by Gasteiger charge is 2.12. The quantitative estimate of drug-likeness (QED) is 0.921. The SMILES string of the molecule is Cc1cc(C)n(CC(=O)N[C@H](C)c2cccs2)n1. The van der Waals surface area contributed by atoms with Crippen LogP contribution in [0, 0.1) is 13.8 Å². The number of hydrogen-bond acceptors (Lipinski definition) is 3. The molecule has 0 spiro atoms. The molecule has 0 unspecified atom stereocenters. The maximum absolute atomic E-state index is 11.9. The van der Waals surface area contributed by atoms with Gasteiger partial charge in [-0.2, -0.15) is 5.10 Å². The van der Waals surface area contributed by atoms with Gasteiger partial charge in [0.15, 0.2) is 0 Å². The summed E-state index contributed by atoms with van der Waals surface area (Å²) in [6.07, 6.45) is 0. The van der Waals surface area contributed by atoms with Crippen LogP contribution in [0.4, 0.5) is 0 Å². The third-order valence-corrected chi connectivity index (χ3v) is 3.80. The Balaban J connectivity index is 1.95. The molecule has 0 aliphatic rings. The first kappa shape index (κ1) is 12.8. The number of carbonyl (C=O) groups excluding carboxylic acids is 1. The fourth-order valence-corrected chi connectivity index (χ4v) is 2.60. The molecule has 0 saturated heterocycles. The second-order valence-electron chi connectivity index (χ2n) is 4.39. The molecule has 0 aliphatic carbocycles. The number of nitrogens with zero attached hydrogens (tertiary/aromatic N) is 2. The molecule has 96 valence electrons. The van der Waals surface area contributed by atoms with Crippen LogP contribution in [0.5, 0.6) is 0 Å². The van der Waals surface area contributed by atoms with E-state index < -0.39 is 0 Å². The Morgan fingerprint density at radius 1 is 1.56 bits per heavy atom. The van der Waals surface area contributed by atoms with Gasteiger partial charge < -0.3 is 5.32 Å². The molecule has 18 heavy (non-hydrogen) atoms. The lowest BCUT2D eigenvalue weighted by atomic mass is 10.3. The molecule has 0 bridgehead atoms. The first-order chi connectivity index (χ1) is 8.56. The molecule has 1 N–H and O–H groups in total. The fraction of sp³-hybridized carbons (Fsp3) is 0.385. The molecule has 1 amide bonds. The van der Waals surface area contributed by atoms with Crippen molar-refractivity contribution < 1.29 is 4.79 Å². The standard InChI is InChI=1S/C13H17N3OS/c1-9-7-10(2)16(15-9)8-13(17)14-11(3)12-5-4-6-18-12/h4-7,11H,8H2,1-3H3,(H,14,17)/t11-/m1/s1. The molecule has 0 aliphatic heterocycles. The number of amides is 1. The normalized spacial score (nSPS) is 12.4. The van der Waals surface area contributed by atoms with Crippen LogP contribution in [0.15, 0.2) is 23.6 Å². The Labute approximate surface area is 111 Å². The van der Waals surface area contributed by atoms with Gasteiger partial charge in [0.1, 0.15) is 6.54 Å². The minimum Gasteiger partial charge on any atom is -0.347 e. The van der Waals surface area contributed by atoms with Crippen molar-refractivity contribution in [3.63, 3.8) is 0 Å². The van der Waals surface area contributed by atoms with Crippen molar-refractivity contribution in [2.24, 2.45) is 0 Å². The van der Waals surface area contributed by atoms with E-state index in [1.54, 1.807) is 16.0 Å². The predicted molar refractivity (Wildman–Crippen MR) is 72.6 cm³/mol. The molecular formula is C13H17N3OS. The molecule has 0 radical (unpaired) electrons. The maximum Gasteiger partial charge on any atom is 0.242 e. The molecule has 0 fully saturated rings. The van der Waals surface area contributed by atoms with Crippen molar-refractivity contribution in [3.8, 4) is 0 Å². The van der Waals surface area contributed by atoms with E-state index in [0.29, 0.717) is 0 Å². The summed E-state index contributed by atoms with van der Waals surface area (Å²) in [6.45, 7) is 6.14. The summed E-state index contributed by atoms with van der Waals surface area (Å²) in [6, 6.07) is 6.04. The van der Waals surface area contributed by atoms with E-state index in [1.807, 2.05) is 44.4 Å². The topological polar surface area (TPSA) is 46.9 Å². The van der Waals surface area contributed by atoms with E-state index in [4.69, 9.17) is 0 Å².